The normalized spacial score (nSPS) is 16.3. The van der Waals surface area contributed by atoms with Crippen LogP contribution in [-0.4, -0.2) is 61.0 Å². The summed E-state index contributed by atoms with van der Waals surface area (Å²) in [6.07, 6.45) is 0.976. The summed E-state index contributed by atoms with van der Waals surface area (Å²) in [7, 11) is 4.53. The third-order valence-electron chi connectivity index (χ3n) is 5.60. The number of nitrogens with zero attached hydrogens (tertiary/aromatic N) is 1. The summed E-state index contributed by atoms with van der Waals surface area (Å²) >= 11 is 0. The molecule has 2 atom stereocenters. The van der Waals surface area contributed by atoms with Gasteiger partial charge < -0.3 is 30.1 Å². The first-order valence-electron chi connectivity index (χ1n) is 10.8. The zero-order valence-electron chi connectivity index (χ0n) is 19.8. The third-order valence-corrected chi connectivity index (χ3v) is 5.60. The molecule has 10 nitrogen and oxygen atoms in total. The van der Waals surface area contributed by atoms with Crippen LogP contribution in [0, 0.1) is 0 Å². The maximum Gasteiger partial charge on any atom is 0.316 e. The molecule has 1 heterocycles. The number of likely N-dealkylation sites (N-methyl/N-ethyl adjacent to an activating group) is 1. The van der Waals surface area contributed by atoms with Gasteiger partial charge in [0, 0.05) is 24.4 Å². The van der Waals surface area contributed by atoms with Crippen LogP contribution in [0.25, 0.3) is 11.1 Å². The minimum Gasteiger partial charge on any atom is -0.493 e. The van der Waals surface area contributed by atoms with Gasteiger partial charge in [0.1, 0.15) is 0 Å². The van der Waals surface area contributed by atoms with Crippen molar-refractivity contribution in [1.29, 1.82) is 0 Å². The number of Topliss-reactive ketones (excluding diaryl/α,β-unsaturated/α-hetero) is 1. The van der Waals surface area contributed by atoms with Crippen molar-refractivity contribution in [3.63, 3.8) is 0 Å². The molecular weight excluding hydrogens is 454 g/mol. The summed E-state index contributed by atoms with van der Waals surface area (Å²) in [5.74, 6) is -1.20. The molecule has 0 saturated carbocycles. The Balaban J connectivity index is 1.88. The fraction of sp³-hybridized carbons (Fsp3) is 0.280. The second-order valence-corrected chi connectivity index (χ2v) is 7.99. The van der Waals surface area contributed by atoms with Crippen LogP contribution in [0.4, 0.5) is 4.79 Å². The summed E-state index contributed by atoms with van der Waals surface area (Å²) < 4.78 is 10.9. The van der Waals surface area contributed by atoms with Crippen molar-refractivity contribution in [2.24, 2.45) is 0 Å². The molecule has 0 bridgehead atoms. The molecule has 2 unspecified atom stereocenters. The largest absolute Gasteiger partial charge is 0.493 e. The average Bonchev–Trinajstić information content (AvgIpc) is 2.84. The van der Waals surface area contributed by atoms with Gasteiger partial charge in [-0.15, -0.1) is 0 Å². The number of urea groups is 1. The number of carbonyl (C=O) groups is 4. The Bertz CT molecular complexity index is 1190. The number of ketones is 1. The number of amides is 3. The van der Waals surface area contributed by atoms with Crippen LogP contribution in [0.5, 0.6) is 11.5 Å². The lowest BCUT2D eigenvalue weighted by atomic mass is 9.97. The van der Waals surface area contributed by atoms with Gasteiger partial charge in [0.05, 0.1) is 26.7 Å². The van der Waals surface area contributed by atoms with Crippen LogP contribution in [-0.2, 0) is 14.4 Å². The van der Waals surface area contributed by atoms with Crippen molar-refractivity contribution in [2.75, 3.05) is 21.3 Å². The van der Waals surface area contributed by atoms with Crippen LogP contribution in [0.1, 0.15) is 24.9 Å². The molecule has 2 aromatic rings. The highest BCUT2D eigenvalue weighted by molar-refractivity contribution is 6.16. The van der Waals surface area contributed by atoms with Crippen LogP contribution < -0.4 is 20.1 Å². The highest BCUT2D eigenvalue weighted by atomic mass is 16.5. The van der Waals surface area contributed by atoms with Crippen molar-refractivity contribution in [3.8, 4) is 22.6 Å². The van der Waals surface area contributed by atoms with E-state index in [9.17, 15) is 24.3 Å². The minimum absolute atomic E-state index is 0.319. The van der Waals surface area contributed by atoms with E-state index in [1.807, 2.05) is 12.1 Å². The Morgan fingerprint density at radius 3 is 2.49 bits per heavy atom. The molecule has 0 saturated heterocycles. The number of carbonyl (C=O) groups excluding carboxylic acids is 3. The first-order chi connectivity index (χ1) is 16.7. The molecular formula is C25H27N3O7. The van der Waals surface area contributed by atoms with Gasteiger partial charge in [-0.3, -0.25) is 14.4 Å². The number of hydrogen-bond acceptors (Lipinski definition) is 6. The van der Waals surface area contributed by atoms with Gasteiger partial charge in [-0.25, -0.2) is 4.79 Å². The van der Waals surface area contributed by atoms with Crippen LogP contribution in [0.15, 0.2) is 54.2 Å². The first kappa shape index (κ1) is 25.3. The number of carboxylic acid groups (broad SMARTS) is 1. The van der Waals surface area contributed by atoms with E-state index >= 15 is 0 Å². The maximum atomic E-state index is 12.7. The van der Waals surface area contributed by atoms with E-state index in [4.69, 9.17) is 9.47 Å². The molecule has 10 heteroatoms. The van der Waals surface area contributed by atoms with E-state index in [0.717, 1.165) is 11.1 Å². The van der Waals surface area contributed by atoms with E-state index in [0.29, 0.717) is 22.6 Å². The van der Waals surface area contributed by atoms with E-state index in [2.05, 4.69) is 10.6 Å². The Hall–Kier alpha value is -4.34. The number of ether oxygens (including phenoxy) is 2. The van der Waals surface area contributed by atoms with Crippen molar-refractivity contribution >= 4 is 23.7 Å². The molecule has 3 amide bonds. The highest BCUT2D eigenvalue weighted by Gasteiger charge is 2.35. The molecule has 0 fully saturated rings. The summed E-state index contributed by atoms with van der Waals surface area (Å²) in [5, 5.41) is 14.4. The standard InChI is InChI=1S/C25H27N3O7/c1-14-13-28(2)24(32)21(22(14)31)27-25(33)26-18(12-20(29)30)16-8-5-7-15(11-16)17-9-6-10-19(34-3)23(17)35-4/h5-11,13,18,21H,12H2,1-4H3,(H,29,30)(H2,26,27,33). The molecule has 0 aromatic heterocycles. The smallest absolute Gasteiger partial charge is 0.316 e. The average molecular weight is 482 g/mol. The van der Waals surface area contributed by atoms with Gasteiger partial charge in [-0.1, -0.05) is 30.3 Å². The zero-order valence-corrected chi connectivity index (χ0v) is 19.8. The minimum atomic E-state index is -1.39. The van der Waals surface area contributed by atoms with Crippen molar-refractivity contribution in [2.45, 2.75) is 25.4 Å². The van der Waals surface area contributed by atoms with Crippen molar-refractivity contribution < 1.29 is 33.8 Å². The van der Waals surface area contributed by atoms with Crippen LogP contribution in [0.3, 0.4) is 0 Å². The fourth-order valence-corrected chi connectivity index (χ4v) is 3.88. The maximum absolute atomic E-state index is 12.7. The zero-order chi connectivity index (χ0) is 25.7. The third kappa shape index (κ3) is 5.60. The lowest BCUT2D eigenvalue weighted by molar-refractivity contribution is -0.138. The SMILES string of the molecule is COc1cccc(-c2cccc(C(CC(=O)O)NC(=O)NC3C(=O)C(C)=CN(C)C3=O)c2)c1OC. The van der Waals surface area contributed by atoms with Crippen molar-refractivity contribution in [1.82, 2.24) is 15.5 Å². The molecule has 3 N–H and O–H groups in total. The van der Waals surface area contributed by atoms with E-state index in [1.54, 1.807) is 37.3 Å². The molecule has 2 aromatic carbocycles. The van der Waals surface area contributed by atoms with Gasteiger partial charge >= 0.3 is 12.0 Å². The second kappa shape index (κ2) is 10.7. The van der Waals surface area contributed by atoms with Gasteiger partial charge in [0.15, 0.2) is 23.3 Å². The molecule has 1 aliphatic heterocycles. The fourth-order valence-electron chi connectivity index (χ4n) is 3.88. The molecule has 1 aliphatic rings. The second-order valence-electron chi connectivity index (χ2n) is 7.99. The topological polar surface area (TPSA) is 134 Å². The molecule has 184 valence electrons. The van der Waals surface area contributed by atoms with Gasteiger partial charge in [0.2, 0.25) is 0 Å². The van der Waals surface area contributed by atoms with Gasteiger partial charge in [-0.05, 0) is 30.2 Å². The Kier molecular flexibility index (Phi) is 7.75. The summed E-state index contributed by atoms with van der Waals surface area (Å²) in [4.78, 5) is 50.3. The number of benzene rings is 2. The van der Waals surface area contributed by atoms with E-state index < -0.39 is 42.2 Å². The quantitative estimate of drug-likeness (QED) is 0.493. The van der Waals surface area contributed by atoms with Gasteiger partial charge in [0.25, 0.3) is 5.91 Å². The van der Waals surface area contributed by atoms with E-state index in [1.165, 1.54) is 32.4 Å². The lowest BCUT2D eigenvalue weighted by Crippen LogP contribution is -2.56. The van der Waals surface area contributed by atoms with Crippen molar-refractivity contribution in [3.05, 3.63) is 59.8 Å². The van der Waals surface area contributed by atoms with Gasteiger partial charge in [-0.2, -0.15) is 0 Å². The number of methoxy groups -OCH3 is 2. The predicted molar refractivity (Wildman–Crippen MR) is 127 cm³/mol. The Morgan fingerprint density at radius 2 is 1.83 bits per heavy atom. The number of para-hydroxylation sites is 1. The number of hydrogen-bond donors (Lipinski definition) is 3. The Morgan fingerprint density at radius 1 is 1.11 bits per heavy atom. The molecule has 0 radical (unpaired) electrons. The molecule has 3 rings (SSSR count). The predicted octanol–water partition coefficient (Wildman–Crippen LogP) is 2.50. The number of rotatable bonds is 8. The highest BCUT2D eigenvalue weighted by Crippen LogP contribution is 2.38. The monoisotopic (exact) mass is 481 g/mol. The van der Waals surface area contributed by atoms with Crippen LogP contribution in [0.2, 0.25) is 0 Å². The molecule has 35 heavy (non-hydrogen) atoms. The number of aliphatic carboxylic acids is 1. The summed E-state index contributed by atoms with van der Waals surface area (Å²) in [5.41, 5.74) is 2.27. The number of carboxylic acids is 1. The molecule has 0 aliphatic carbocycles. The summed E-state index contributed by atoms with van der Waals surface area (Å²) in [6, 6.07) is 9.20. The lowest BCUT2D eigenvalue weighted by Gasteiger charge is -2.27. The summed E-state index contributed by atoms with van der Waals surface area (Å²) in [6.45, 7) is 1.55. The number of nitrogens with one attached hydrogen (secondary N) is 2. The first-order valence-corrected chi connectivity index (χ1v) is 10.8. The Labute approximate surface area is 202 Å². The molecule has 0 spiro atoms. The van der Waals surface area contributed by atoms with E-state index in [-0.39, 0.29) is 0 Å². The van der Waals surface area contributed by atoms with Crippen LogP contribution >= 0.6 is 0 Å².